The maximum Gasteiger partial charge on any atom is 0.321 e. The number of benzene rings is 2. The van der Waals surface area contributed by atoms with Crippen LogP contribution >= 0.6 is 11.3 Å². The van der Waals surface area contributed by atoms with Gasteiger partial charge in [-0.3, -0.25) is 10.1 Å². The number of rotatable bonds is 9. The third-order valence-corrected chi connectivity index (χ3v) is 6.58. The van der Waals surface area contributed by atoms with E-state index in [-0.39, 0.29) is 44.4 Å². The van der Waals surface area contributed by atoms with Crippen LogP contribution in [0.15, 0.2) is 53.4 Å². The number of nitrogens with zero attached hydrogens (tertiary/aromatic N) is 4. The van der Waals surface area contributed by atoms with Gasteiger partial charge in [-0.2, -0.15) is 4.98 Å². The van der Waals surface area contributed by atoms with Gasteiger partial charge in [0.15, 0.2) is 5.13 Å². The fourth-order valence-electron chi connectivity index (χ4n) is 3.61. The van der Waals surface area contributed by atoms with Crippen molar-refractivity contribution in [1.29, 1.82) is 0 Å². The van der Waals surface area contributed by atoms with Crippen LogP contribution in [0.2, 0.25) is 0 Å². The second kappa shape index (κ2) is 11.8. The molecule has 0 aliphatic rings. The lowest BCUT2D eigenvalue weighted by molar-refractivity contribution is 0.102. The third kappa shape index (κ3) is 6.27. The van der Waals surface area contributed by atoms with E-state index in [1.807, 2.05) is 0 Å². The Morgan fingerprint density at radius 1 is 1.15 bits per heavy atom. The zero-order valence-electron chi connectivity index (χ0n) is 21.2. The Labute approximate surface area is 234 Å². The number of methoxy groups -OCH3 is 1. The third-order valence-electron chi connectivity index (χ3n) is 5.61. The highest BCUT2D eigenvalue weighted by Gasteiger charge is 2.22. The van der Waals surface area contributed by atoms with Crippen LogP contribution in [0.3, 0.4) is 0 Å². The Bertz CT molecular complexity index is 1710. The zero-order valence-corrected chi connectivity index (χ0v) is 22.0. The molecule has 0 aliphatic carbocycles. The molecular weight excluding hydrogens is 560 g/mol. The molecule has 5 rings (SSSR count). The van der Waals surface area contributed by atoms with E-state index in [0.29, 0.717) is 24.8 Å². The fraction of sp³-hybridized carbons (Fsp3) is 0.120. The molecule has 0 saturated heterocycles. The number of nitrogen functional groups attached to an aromatic ring is 1. The van der Waals surface area contributed by atoms with Crippen LogP contribution in [0.1, 0.15) is 16.1 Å². The molecule has 210 valence electrons. The van der Waals surface area contributed by atoms with Gasteiger partial charge in [0.25, 0.3) is 11.8 Å². The fourth-order valence-corrected chi connectivity index (χ4v) is 4.41. The summed E-state index contributed by atoms with van der Waals surface area (Å²) in [6.07, 6.45) is 3.75. The highest BCUT2D eigenvalue weighted by Crippen LogP contribution is 2.35. The number of nitrogens with two attached hydrogens (primary N) is 1. The van der Waals surface area contributed by atoms with Gasteiger partial charge in [0.05, 0.1) is 24.7 Å². The maximum absolute atomic E-state index is 14.7. The molecule has 0 bridgehead atoms. The number of carbonyl (C=O) groups is 2. The molecule has 3 amide bonds. The van der Waals surface area contributed by atoms with E-state index in [1.54, 1.807) is 24.7 Å². The molecule has 0 spiro atoms. The van der Waals surface area contributed by atoms with Gasteiger partial charge in [-0.15, -0.1) is 0 Å². The minimum absolute atomic E-state index is 0.0104. The average molecular weight is 582 g/mol. The first-order valence-corrected chi connectivity index (χ1v) is 12.7. The number of urea groups is 1. The Balaban J connectivity index is 1.29. The summed E-state index contributed by atoms with van der Waals surface area (Å²) in [6.45, 7) is 0.347. The van der Waals surface area contributed by atoms with Gasteiger partial charge in [-0.1, -0.05) is 22.6 Å². The van der Waals surface area contributed by atoms with Gasteiger partial charge in [0, 0.05) is 36.5 Å². The van der Waals surface area contributed by atoms with E-state index in [1.165, 1.54) is 19.2 Å². The topological polar surface area (TPSA) is 186 Å². The number of anilines is 3. The smallest absolute Gasteiger partial charge is 0.321 e. The monoisotopic (exact) mass is 581 g/mol. The highest BCUT2D eigenvalue weighted by molar-refractivity contribution is 7.19. The van der Waals surface area contributed by atoms with Gasteiger partial charge < -0.3 is 30.6 Å². The molecule has 0 aliphatic heterocycles. The van der Waals surface area contributed by atoms with Gasteiger partial charge in [0.1, 0.15) is 28.1 Å². The lowest BCUT2D eigenvalue weighted by atomic mass is 10.1. The van der Waals surface area contributed by atoms with Crippen molar-refractivity contribution in [2.75, 3.05) is 30.0 Å². The van der Waals surface area contributed by atoms with Crippen LogP contribution in [-0.4, -0.2) is 50.7 Å². The predicted molar refractivity (Wildman–Crippen MR) is 145 cm³/mol. The van der Waals surface area contributed by atoms with Gasteiger partial charge in [-0.25, -0.2) is 23.5 Å². The second-order valence-electron chi connectivity index (χ2n) is 8.36. The standard InChI is InChI=1S/C25H21F2N9O4S/c1-39-14-4-2-3-12(7-14)22(37)32-18-8-15(16(26)9-17(18)27)21-34-23(40-36-21)19-20(28)33-25(41-19)35-24(38)30-6-5-13-10-29-11-31-13/h2-4,7-11H,5-6,28H2,1H3,(H,29,31)(H,32,37)(H2,30,33,35,38). The number of aromatic nitrogens is 5. The Hall–Kier alpha value is -5.38. The van der Waals surface area contributed by atoms with Crippen molar-refractivity contribution in [3.8, 4) is 27.9 Å². The van der Waals surface area contributed by atoms with E-state index >= 15 is 0 Å². The minimum Gasteiger partial charge on any atom is -0.497 e. The number of ether oxygens (including phenoxy) is 1. The molecule has 3 heterocycles. The molecular formula is C25H21F2N9O4S. The van der Waals surface area contributed by atoms with Crippen molar-refractivity contribution in [2.45, 2.75) is 6.42 Å². The van der Waals surface area contributed by atoms with Crippen molar-refractivity contribution in [1.82, 2.24) is 30.4 Å². The molecule has 0 radical (unpaired) electrons. The quantitative estimate of drug-likeness (QED) is 0.171. The summed E-state index contributed by atoms with van der Waals surface area (Å²) in [5, 5.41) is 11.6. The molecule has 41 heavy (non-hydrogen) atoms. The number of H-pyrrole nitrogens is 1. The van der Waals surface area contributed by atoms with Crippen molar-refractivity contribution in [3.05, 3.63) is 71.8 Å². The minimum atomic E-state index is -1.00. The van der Waals surface area contributed by atoms with E-state index in [2.05, 4.69) is 41.0 Å². The first-order chi connectivity index (χ1) is 19.8. The maximum atomic E-state index is 14.7. The number of thiazole rings is 1. The number of hydrogen-bond acceptors (Lipinski definition) is 10. The molecule has 3 aromatic heterocycles. The number of hydrogen-bond donors (Lipinski definition) is 5. The van der Waals surface area contributed by atoms with Crippen LogP contribution < -0.4 is 26.4 Å². The van der Waals surface area contributed by atoms with Gasteiger partial charge in [0.2, 0.25) is 5.82 Å². The van der Waals surface area contributed by atoms with Crippen LogP contribution in [0, 0.1) is 11.6 Å². The number of aromatic amines is 1. The molecule has 0 atom stereocenters. The van der Waals surface area contributed by atoms with Crippen molar-refractivity contribution >= 4 is 39.9 Å². The van der Waals surface area contributed by atoms with Gasteiger partial charge >= 0.3 is 6.03 Å². The van der Waals surface area contributed by atoms with Crippen molar-refractivity contribution < 1.29 is 27.6 Å². The van der Waals surface area contributed by atoms with E-state index in [9.17, 15) is 18.4 Å². The van der Waals surface area contributed by atoms with Crippen LogP contribution in [-0.2, 0) is 6.42 Å². The number of amides is 3. The molecule has 5 aromatic rings. The molecule has 2 aromatic carbocycles. The zero-order chi connectivity index (χ0) is 28.9. The highest BCUT2D eigenvalue weighted by atomic mass is 32.1. The van der Waals surface area contributed by atoms with Gasteiger partial charge in [-0.05, 0) is 24.3 Å². The predicted octanol–water partition coefficient (Wildman–Crippen LogP) is 4.07. The molecule has 16 heteroatoms. The Morgan fingerprint density at radius 2 is 2.00 bits per heavy atom. The number of nitrogens with one attached hydrogen (secondary N) is 4. The molecule has 6 N–H and O–H groups in total. The summed E-state index contributed by atoms with van der Waals surface area (Å²) in [5.74, 6) is -2.54. The molecule has 0 saturated carbocycles. The van der Waals surface area contributed by atoms with E-state index < -0.39 is 23.6 Å². The summed E-state index contributed by atoms with van der Waals surface area (Å²) < 4.78 is 39.6. The Kier molecular flexibility index (Phi) is 7.82. The number of imidazole rings is 1. The second-order valence-corrected chi connectivity index (χ2v) is 9.36. The first-order valence-electron chi connectivity index (χ1n) is 11.9. The van der Waals surface area contributed by atoms with Crippen LogP contribution in [0.25, 0.3) is 22.2 Å². The van der Waals surface area contributed by atoms with Crippen molar-refractivity contribution in [3.63, 3.8) is 0 Å². The van der Waals surface area contributed by atoms with Crippen LogP contribution in [0.4, 0.5) is 30.2 Å². The Morgan fingerprint density at radius 3 is 2.78 bits per heavy atom. The summed E-state index contributed by atoms with van der Waals surface area (Å²) >= 11 is 0.958. The SMILES string of the molecule is COc1cccc(C(=O)Nc2cc(-c3noc(-c4sc(NC(=O)NCCc5cnc[nH]5)nc4N)n3)c(F)cc2F)c1. The summed E-state index contributed by atoms with van der Waals surface area (Å²) in [4.78, 5) is 40.2. The molecule has 0 unspecified atom stereocenters. The van der Waals surface area contributed by atoms with E-state index in [4.69, 9.17) is 15.0 Å². The lowest BCUT2D eigenvalue weighted by Gasteiger charge is -2.09. The van der Waals surface area contributed by atoms with E-state index in [0.717, 1.165) is 23.1 Å². The summed E-state index contributed by atoms with van der Waals surface area (Å²) in [6, 6.07) is 7.37. The average Bonchev–Trinajstić information content (AvgIpc) is 3.72. The normalized spacial score (nSPS) is 10.8. The largest absolute Gasteiger partial charge is 0.497 e. The molecule has 0 fully saturated rings. The number of carbonyl (C=O) groups excluding carboxylic acids is 2. The van der Waals surface area contributed by atoms with Crippen LogP contribution in [0.5, 0.6) is 5.75 Å². The lowest BCUT2D eigenvalue weighted by Crippen LogP contribution is -2.30. The molecule has 13 nitrogen and oxygen atoms in total. The summed E-state index contributed by atoms with van der Waals surface area (Å²) in [7, 11) is 1.45. The number of halogens is 2. The first kappa shape index (κ1) is 27.2. The van der Waals surface area contributed by atoms with Crippen molar-refractivity contribution in [2.24, 2.45) is 0 Å². The summed E-state index contributed by atoms with van der Waals surface area (Å²) in [5.41, 5.74) is 6.50.